The minimum atomic E-state index is 0.874. The molecule has 1 radical (unpaired) electrons. The lowest BCUT2D eigenvalue weighted by Crippen LogP contribution is -1.91. The Labute approximate surface area is 97.9 Å². The third-order valence-corrected chi connectivity index (χ3v) is 2.86. The van der Waals surface area contributed by atoms with Crippen LogP contribution < -0.4 is 0 Å². The Morgan fingerprint density at radius 1 is 0.625 bits per heavy atom. The van der Waals surface area contributed by atoms with Crippen molar-refractivity contribution < 1.29 is 0 Å². The standard InChI is InChI=1S/C16H17/c1-2-14-8-10-16(11-9-14)13-12-15-6-4-3-5-7-15/h3-11H,1-2,12-13H2. The van der Waals surface area contributed by atoms with Gasteiger partial charge in [0.05, 0.1) is 0 Å². The highest BCUT2D eigenvalue weighted by Crippen LogP contribution is 2.09. The molecule has 0 heteroatoms. The predicted molar refractivity (Wildman–Crippen MR) is 69.4 cm³/mol. The molecule has 2 aromatic rings. The molecule has 0 heterocycles. The van der Waals surface area contributed by atoms with Crippen molar-refractivity contribution in [2.45, 2.75) is 19.3 Å². The van der Waals surface area contributed by atoms with Gasteiger partial charge in [-0.3, -0.25) is 0 Å². The fraction of sp³-hybridized carbons (Fsp3) is 0.188. The normalized spacial score (nSPS) is 10.3. The van der Waals surface area contributed by atoms with E-state index in [1.54, 1.807) is 0 Å². The molecule has 0 amide bonds. The van der Waals surface area contributed by atoms with Gasteiger partial charge >= 0.3 is 0 Å². The highest BCUT2D eigenvalue weighted by Gasteiger charge is 1.95. The summed E-state index contributed by atoms with van der Waals surface area (Å²) in [5, 5.41) is 0. The molecule has 0 aliphatic rings. The molecule has 0 bridgehead atoms. The van der Waals surface area contributed by atoms with Gasteiger partial charge in [-0.1, -0.05) is 54.6 Å². The van der Waals surface area contributed by atoms with Gasteiger partial charge in [-0.15, -0.1) is 0 Å². The zero-order valence-electron chi connectivity index (χ0n) is 9.52. The highest BCUT2D eigenvalue weighted by atomic mass is 14.0. The van der Waals surface area contributed by atoms with E-state index in [1.165, 1.54) is 16.7 Å². The lowest BCUT2D eigenvalue weighted by Gasteiger charge is -2.03. The van der Waals surface area contributed by atoms with Crippen LogP contribution in [0.3, 0.4) is 0 Å². The van der Waals surface area contributed by atoms with Crippen LogP contribution in [0.1, 0.15) is 16.7 Å². The number of rotatable bonds is 4. The average Bonchev–Trinajstić information content (AvgIpc) is 2.38. The molecule has 0 aliphatic carbocycles. The van der Waals surface area contributed by atoms with Gasteiger partial charge in [0, 0.05) is 0 Å². The summed E-state index contributed by atoms with van der Waals surface area (Å²) in [6.07, 6.45) is 3.10. The van der Waals surface area contributed by atoms with Gasteiger partial charge in [-0.05, 0) is 42.9 Å². The average molecular weight is 209 g/mol. The van der Waals surface area contributed by atoms with E-state index in [2.05, 4.69) is 61.5 Å². The van der Waals surface area contributed by atoms with E-state index < -0.39 is 0 Å². The van der Waals surface area contributed by atoms with Crippen LogP contribution in [0.2, 0.25) is 0 Å². The van der Waals surface area contributed by atoms with Crippen LogP contribution in [0.5, 0.6) is 0 Å². The molecule has 2 rings (SSSR count). The molecule has 0 N–H and O–H groups in total. The number of hydrogen-bond donors (Lipinski definition) is 0. The van der Waals surface area contributed by atoms with Gasteiger partial charge in [0.25, 0.3) is 0 Å². The fourth-order valence-electron chi connectivity index (χ4n) is 1.81. The van der Waals surface area contributed by atoms with Crippen molar-refractivity contribution in [3.63, 3.8) is 0 Å². The fourth-order valence-corrected chi connectivity index (χ4v) is 1.81. The molecule has 0 unspecified atom stereocenters. The van der Waals surface area contributed by atoms with E-state index in [-0.39, 0.29) is 0 Å². The molecule has 0 aliphatic heterocycles. The number of hydrogen-bond acceptors (Lipinski definition) is 0. The van der Waals surface area contributed by atoms with Crippen LogP contribution in [-0.4, -0.2) is 0 Å². The summed E-state index contributed by atoms with van der Waals surface area (Å²) in [5.74, 6) is 0. The lowest BCUT2D eigenvalue weighted by atomic mass is 10.0. The maximum atomic E-state index is 3.88. The smallest absolute Gasteiger partial charge is 0.0238 e. The zero-order chi connectivity index (χ0) is 11.2. The first-order valence-corrected chi connectivity index (χ1v) is 5.79. The summed E-state index contributed by atoms with van der Waals surface area (Å²) in [5.41, 5.74) is 4.12. The lowest BCUT2D eigenvalue weighted by molar-refractivity contribution is 0.958. The number of aryl methyl sites for hydroxylation is 2. The summed E-state index contributed by atoms with van der Waals surface area (Å²) < 4.78 is 0. The maximum Gasteiger partial charge on any atom is -0.0238 e. The Kier molecular flexibility index (Phi) is 3.76. The summed E-state index contributed by atoms with van der Waals surface area (Å²) in [6, 6.07) is 19.4. The Balaban J connectivity index is 1.94. The molecule has 0 saturated heterocycles. The minimum Gasteiger partial charge on any atom is -0.0622 e. The van der Waals surface area contributed by atoms with Crippen LogP contribution in [0.4, 0.5) is 0 Å². The van der Waals surface area contributed by atoms with Crippen molar-refractivity contribution in [1.82, 2.24) is 0 Å². The summed E-state index contributed by atoms with van der Waals surface area (Å²) in [6.45, 7) is 3.88. The molecule has 0 saturated carbocycles. The summed E-state index contributed by atoms with van der Waals surface area (Å²) >= 11 is 0. The molecule has 0 aromatic heterocycles. The second-order valence-electron chi connectivity index (χ2n) is 4.05. The van der Waals surface area contributed by atoms with Crippen LogP contribution in [0.15, 0.2) is 54.6 Å². The van der Waals surface area contributed by atoms with E-state index >= 15 is 0 Å². The molecule has 0 fully saturated rings. The Bertz CT molecular complexity index is 412. The van der Waals surface area contributed by atoms with Crippen LogP contribution in [0.25, 0.3) is 0 Å². The maximum absolute atomic E-state index is 3.88. The first-order chi connectivity index (χ1) is 7.88. The molecule has 81 valence electrons. The second-order valence-corrected chi connectivity index (χ2v) is 4.05. The van der Waals surface area contributed by atoms with Gasteiger partial charge in [-0.2, -0.15) is 0 Å². The Hall–Kier alpha value is -1.56. The van der Waals surface area contributed by atoms with Crippen molar-refractivity contribution in [2.75, 3.05) is 0 Å². The van der Waals surface area contributed by atoms with Gasteiger partial charge in [0.1, 0.15) is 0 Å². The van der Waals surface area contributed by atoms with E-state index in [0.717, 1.165) is 19.3 Å². The molecular formula is C16H17. The molecule has 16 heavy (non-hydrogen) atoms. The van der Waals surface area contributed by atoms with Gasteiger partial charge in [0.2, 0.25) is 0 Å². The van der Waals surface area contributed by atoms with Crippen LogP contribution in [-0.2, 0) is 19.3 Å². The topological polar surface area (TPSA) is 0 Å². The van der Waals surface area contributed by atoms with Crippen molar-refractivity contribution in [2.24, 2.45) is 0 Å². The summed E-state index contributed by atoms with van der Waals surface area (Å²) in [7, 11) is 0. The quantitative estimate of drug-likeness (QED) is 0.717. The monoisotopic (exact) mass is 209 g/mol. The van der Waals surface area contributed by atoms with E-state index in [9.17, 15) is 0 Å². The third kappa shape index (κ3) is 2.96. The van der Waals surface area contributed by atoms with Crippen molar-refractivity contribution in [3.05, 3.63) is 78.2 Å². The Morgan fingerprint density at radius 2 is 1.12 bits per heavy atom. The van der Waals surface area contributed by atoms with E-state index in [0.29, 0.717) is 0 Å². The van der Waals surface area contributed by atoms with Crippen LogP contribution in [0, 0.1) is 6.92 Å². The summed E-state index contributed by atoms with van der Waals surface area (Å²) in [4.78, 5) is 0. The third-order valence-electron chi connectivity index (χ3n) is 2.86. The van der Waals surface area contributed by atoms with Crippen molar-refractivity contribution in [3.8, 4) is 0 Å². The molecule has 0 atom stereocenters. The largest absolute Gasteiger partial charge is 0.0622 e. The zero-order valence-corrected chi connectivity index (χ0v) is 9.52. The van der Waals surface area contributed by atoms with Crippen molar-refractivity contribution in [1.29, 1.82) is 0 Å². The van der Waals surface area contributed by atoms with Crippen LogP contribution >= 0.6 is 0 Å². The molecular weight excluding hydrogens is 192 g/mol. The van der Waals surface area contributed by atoms with Gasteiger partial charge in [0.15, 0.2) is 0 Å². The van der Waals surface area contributed by atoms with E-state index in [4.69, 9.17) is 0 Å². The van der Waals surface area contributed by atoms with Gasteiger partial charge in [-0.25, -0.2) is 0 Å². The first kappa shape index (κ1) is 10.9. The first-order valence-electron chi connectivity index (χ1n) is 5.79. The predicted octanol–water partition coefficient (Wildman–Crippen LogP) is 3.85. The van der Waals surface area contributed by atoms with E-state index in [1.807, 2.05) is 0 Å². The highest BCUT2D eigenvalue weighted by molar-refractivity contribution is 5.24. The molecule has 0 spiro atoms. The number of benzene rings is 2. The Morgan fingerprint density at radius 3 is 1.69 bits per heavy atom. The minimum absolute atomic E-state index is 0.874. The molecule has 2 aromatic carbocycles. The van der Waals surface area contributed by atoms with Crippen molar-refractivity contribution >= 4 is 0 Å². The van der Waals surface area contributed by atoms with Gasteiger partial charge < -0.3 is 0 Å². The SMILES string of the molecule is [CH2]Cc1ccc(CCc2ccccc2)cc1. The molecule has 0 nitrogen and oxygen atoms in total. The second kappa shape index (κ2) is 5.50.